The van der Waals surface area contributed by atoms with Crippen LogP contribution in [0.15, 0.2) is 36.5 Å². The smallest absolute Gasteiger partial charge is 0.322 e. The molecule has 2 aromatic rings. The summed E-state index contributed by atoms with van der Waals surface area (Å²) in [5.74, 6) is -2.19. The molecule has 0 aliphatic carbocycles. The van der Waals surface area contributed by atoms with E-state index in [4.69, 9.17) is 5.11 Å². The average Bonchev–Trinajstić information content (AvgIpc) is 2.54. The number of carboxylic acids is 1. The molecule has 1 aromatic carbocycles. The number of aromatic nitrogens is 1. The maximum atomic E-state index is 11.7. The van der Waals surface area contributed by atoms with Crippen LogP contribution in [0.5, 0.6) is 5.75 Å². The van der Waals surface area contributed by atoms with Gasteiger partial charge in [-0.25, -0.2) is 4.98 Å². The van der Waals surface area contributed by atoms with Crippen molar-refractivity contribution < 1.29 is 19.8 Å². The van der Waals surface area contributed by atoms with Crippen LogP contribution in [0.1, 0.15) is 29.9 Å². The summed E-state index contributed by atoms with van der Waals surface area (Å²) < 4.78 is 0. The van der Waals surface area contributed by atoms with Crippen molar-refractivity contribution >= 4 is 11.9 Å². The Balaban J connectivity index is 0.00000127. The lowest BCUT2D eigenvalue weighted by molar-refractivity contribution is -0.135. The van der Waals surface area contributed by atoms with Crippen molar-refractivity contribution in [2.24, 2.45) is 0 Å². The molecule has 0 fully saturated rings. The first-order chi connectivity index (χ1) is 11.0. The predicted molar refractivity (Wildman–Crippen MR) is 87.4 cm³/mol. The number of aryl methyl sites for hydroxylation is 1. The topological polar surface area (TPSA) is 99.5 Å². The summed E-state index contributed by atoms with van der Waals surface area (Å²) in [4.78, 5) is 26.0. The van der Waals surface area contributed by atoms with E-state index in [1.807, 2.05) is 45.0 Å². The number of carbonyl (C=O) groups is 2. The van der Waals surface area contributed by atoms with Gasteiger partial charge in [-0.1, -0.05) is 43.7 Å². The fourth-order valence-electron chi connectivity index (χ4n) is 1.85. The SMILES string of the molecule is CC.Cc1cccc(-c2cnc(C(=O)NCC(=O)O)c(O)c2)c1. The highest BCUT2D eigenvalue weighted by atomic mass is 16.4. The number of benzene rings is 1. The number of pyridine rings is 1. The summed E-state index contributed by atoms with van der Waals surface area (Å²) in [6, 6.07) is 9.06. The van der Waals surface area contributed by atoms with Gasteiger partial charge in [-0.2, -0.15) is 0 Å². The number of hydrogen-bond donors (Lipinski definition) is 3. The first-order valence-electron chi connectivity index (χ1n) is 7.23. The largest absolute Gasteiger partial charge is 0.505 e. The zero-order chi connectivity index (χ0) is 17.4. The number of aromatic hydroxyl groups is 1. The second-order valence-corrected chi connectivity index (χ2v) is 4.54. The van der Waals surface area contributed by atoms with E-state index in [1.54, 1.807) is 0 Å². The predicted octanol–water partition coefficient (Wildman–Crippen LogP) is 2.60. The molecule has 6 nitrogen and oxygen atoms in total. The minimum absolute atomic E-state index is 0.201. The Hall–Kier alpha value is -2.89. The standard InChI is InChI=1S/C15H14N2O4.C2H6/c1-9-3-2-4-10(5-9)11-6-12(18)14(16-7-11)15(21)17-8-13(19)20;1-2/h2-7,18H,8H2,1H3,(H,17,21)(H,19,20);1-2H3. The molecule has 0 aliphatic rings. The van der Waals surface area contributed by atoms with Gasteiger partial charge >= 0.3 is 5.97 Å². The molecule has 3 N–H and O–H groups in total. The molecule has 0 radical (unpaired) electrons. The van der Waals surface area contributed by atoms with Gasteiger partial charge in [0.05, 0.1) is 0 Å². The van der Waals surface area contributed by atoms with Crippen LogP contribution in [0.4, 0.5) is 0 Å². The van der Waals surface area contributed by atoms with Gasteiger partial charge in [-0.3, -0.25) is 9.59 Å². The lowest BCUT2D eigenvalue weighted by Crippen LogP contribution is -2.29. The van der Waals surface area contributed by atoms with E-state index in [0.717, 1.165) is 11.1 Å². The molecular weight excluding hydrogens is 296 g/mol. The molecule has 1 heterocycles. The molecule has 2 rings (SSSR count). The van der Waals surface area contributed by atoms with E-state index in [0.29, 0.717) is 5.56 Å². The summed E-state index contributed by atoms with van der Waals surface area (Å²) in [6.45, 7) is 5.42. The van der Waals surface area contributed by atoms with E-state index in [9.17, 15) is 14.7 Å². The quantitative estimate of drug-likeness (QED) is 0.805. The van der Waals surface area contributed by atoms with E-state index in [1.165, 1.54) is 12.3 Å². The Morgan fingerprint density at radius 1 is 1.17 bits per heavy atom. The number of carbonyl (C=O) groups excluding carboxylic acids is 1. The highest BCUT2D eigenvalue weighted by Crippen LogP contribution is 2.25. The van der Waals surface area contributed by atoms with Gasteiger partial charge in [0.1, 0.15) is 12.3 Å². The number of nitrogens with one attached hydrogen (secondary N) is 1. The Kier molecular flexibility index (Phi) is 6.73. The first-order valence-corrected chi connectivity index (χ1v) is 7.23. The summed E-state index contributed by atoms with van der Waals surface area (Å²) in [5.41, 5.74) is 2.41. The molecule has 0 unspecified atom stereocenters. The highest BCUT2D eigenvalue weighted by molar-refractivity contribution is 5.96. The normalized spacial score (nSPS) is 9.52. The second-order valence-electron chi connectivity index (χ2n) is 4.54. The molecule has 0 bridgehead atoms. The molecule has 0 spiro atoms. The van der Waals surface area contributed by atoms with Gasteiger partial charge in [0.25, 0.3) is 5.91 Å². The fourth-order valence-corrected chi connectivity index (χ4v) is 1.85. The molecule has 0 atom stereocenters. The van der Waals surface area contributed by atoms with Gasteiger partial charge in [0.2, 0.25) is 0 Å². The van der Waals surface area contributed by atoms with E-state index < -0.39 is 18.4 Å². The molecule has 23 heavy (non-hydrogen) atoms. The summed E-state index contributed by atoms with van der Waals surface area (Å²) in [7, 11) is 0. The number of hydrogen-bond acceptors (Lipinski definition) is 4. The minimum atomic E-state index is -1.17. The maximum Gasteiger partial charge on any atom is 0.322 e. The van der Waals surface area contributed by atoms with Crippen molar-refractivity contribution in [1.29, 1.82) is 0 Å². The van der Waals surface area contributed by atoms with E-state index in [2.05, 4.69) is 10.3 Å². The van der Waals surface area contributed by atoms with Crippen LogP contribution in [0, 0.1) is 6.92 Å². The van der Waals surface area contributed by atoms with Crippen LogP contribution in [0.25, 0.3) is 11.1 Å². The molecule has 6 heteroatoms. The highest BCUT2D eigenvalue weighted by Gasteiger charge is 2.14. The lowest BCUT2D eigenvalue weighted by Gasteiger charge is -2.07. The van der Waals surface area contributed by atoms with Crippen LogP contribution < -0.4 is 5.32 Å². The molecule has 1 amide bonds. The number of nitrogens with zero attached hydrogens (tertiary/aromatic N) is 1. The van der Waals surface area contributed by atoms with Gasteiger partial charge in [0.15, 0.2) is 5.69 Å². The number of amides is 1. The molecule has 0 saturated carbocycles. The van der Waals surface area contributed by atoms with Gasteiger partial charge in [-0.15, -0.1) is 0 Å². The second kappa shape index (κ2) is 8.53. The number of aliphatic carboxylic acids is 1. The lowest BCUT2D eigenvalue weighted by atomic mass is 10.0. The van der Waals surface area contributed by atoms with Crippen LogP contribution >= 0.6 is 0 Å². The molecule has 0 aliphatic heterocycles. The zero-order valence-electron chi connectivity index (χ0n) is 13.3. The minimum Gasteiger partial charge on any atom is -0.505 e. The van der Waals surface area contributed by atoms with Crippen LogP contribution in [-0.4, -0.2) is 33.6 Å². The van der Waals surface area contributed by atoms with Gasteiger partial charge in [-0.05, 0) is 18.6 Å². The molecule has 1 aromatic heterocycles. The Bertz CT molecular complexity index is 699. The van der Waals surface area contributed by atoms with E-state index >= 15 is 0 Å². The fraction of sp³-hybridized carbons (Fsp3) is 0.235. The van der Waals surface area contributed by atoms with Gasteiger partial charge < -0.3 is 15.5 Å². The monoisotopic (exact) mass is 316 g/mol. The van der Waals surface area contributed by atoms with Crippen molar-refractivity contribution in [3.63, 3.8) is 0 Å². The third-order valence-corrected chi connectivity index (χ3v) is 2.83. The molecule has 122 valence electrons. The van der Waals surface area contributed by atoms with Crippen LogP contribution in [0.2, 0.25) is 0 Å². The first kappa shape index (κ1) is 18.2. The molecule has 0 saturated heterocycles. The third kappa shape index (κ3) is 5.10. The summed E-state index contributed by atoms with van der Waals surface area (Å²) in [5, 5.41) is 20.5. The average molecular weight is 316 g/mol. The van der Waals surface area contributed by atoms with E-state index in [-0.39, 0.29) is 11.4 Å². The third-order valence-electron chi connectivity index (χ3n) is 2.83. The van der Waals surface area contributed by atoms with Crippen molar-refractivity contribution in [1.82, 2.24) is 10.3 Å². The summed E-state index contributed by atoms with van der Waals surface area (Å²) >= 11 is 0. The van der Waals surface area contributed by atoms with Crippen molar-refractivity contribution in [3.8, 4) is 16.9 Å². The van der Waals surface area contributed by atoms with Crippen LogP contribution in [0.3, 0.4) is 0 Å². The van der Waals surface area contributed by atoms with Crippen molar-refractivity contribution in [2.75, 3.05) is 6.54 Å². The van der Waals surface area contributed by atoms with Crippen molar-refractivity contribution in [2.45, 2.75) is 20.8 Å². The molecular formula is C17H20N2O4. The maximum absolute atomic E-state index is 11.7. The Labute approximate surface area is 134 Å². The van der Waals surface area contributed by atoms with Gasteiger partial charge in [0, 0.05) is 11.8 Å². The Morgan fingerprint density at radius 3 is 2.43 bits per heavy atom. The number of rotatable bonds is 4. The van der Waals surface area contributed by atoms with Crippen molar-refractivity contribution in [3.05, 3.63) is 47.8 Å². The zero-order valence-corrected chi connectivity index (χ0v) is 13.3. The summed E-state index contributed by atoms with van der Waals surface area (Å²) in [6.07, 6.45) is 1.46. The number of carboxylic acid groups (broad SMARTS) is 1. The van der Waals surface area contributed by atoms with Crippen LogP contribution in [-0.2, 0) is 4.79 Å². The Morgan fingerprint density at radius 2 is 1.87 bits per heavy atom.